The zero-order chi connectivity index (χ0) is 37.0. The van der Waals surface area contributed by atoms with Gasteiger partial charge in [0.05, 0.1) is 16.1 Å². The molecule has 2 aromatic rings. The Kier molecular flexibility index (Phi) is 48.8. The third-order valence-corrected chi connectivity index (χ3v) is 7.89. The Labute approximate surface area is 319 Å². The number of nitrogens with zero attached hydrogens (tertiary/aromatic N) is 3. The predicted molar refractivity (Wildman–Crippen MR) is 198 cm³/mol. The summed E-state index contributed by atoms with van der Waals surface area (Å²) in [4.78, 5) is 36.2. The molecule has 4 rings (SSSR count). The van der Waals surface area contributed by atoms with Gasteiger partial charge in [-0.1, -0.05) is 31.2 Å². The quantitative estimate of drug-likeness (QED) is 0.146. The number of aromatic nitrogens is 1. The number of likely N-dealkylation sites (tertiary alicyclic amines) is 2. The molecule has 12 heteroatoms. The number of aryl methyl sites for hydroxylation is 1. The first kappa shape index (κ1) is 56.0. The van der Waals surface area contributed by atoms with E-state index in [9.17, 15) is 4.79 Å². The van der Waals surface area contributed by atoms with Gasteiger partial charge < -0.3 is 50.8 Å². The van der Waals surface area contributed by atoms with Crippen LogP contribution in [-0.4, -0.2) is 119 Å². The number of carbonyl (C=O) groups is 1. The maximum absolute atomic E-state index is 9.83. The van der Waals surface area contributed by atoms with Gasteiger partial charge in [0, 0.05) is 40.0 Å². The van der Waals surface area contributed by atoms with E-state index in [2.05, 4.69) is 93.2 Å². The second kappa shape index (κ2) is 41.8. The van der Waals surface area contributed by atoms with Gasteiger partial charge in [0.2, 0.25) is 0 Å². The number of thiazole rings is 1. The summed E-state index contributed by atoms with van der Waals surface area (Å²) in [7, 11) is 5.75. The van der Waals surface area contributed by atoms with E-state index in [1.165, 1.54) is 74.3 Å². The molecule has 2 atom stereocenters. The number of likely N-dealkylation sites (N-methyl/N-ethyl adjacent to an activating group) is 1. The summed E-state index contributed by atoms with van der Waals surface area (Å²) in [6.07, 6.45) is 8.66. The van der Waals surface area contributed by atoms with E-state index in [0.29, 0.717) is 25.0 Å². The van der Waals surface area contributed by atoms with Crippen LogP contribution in [0.3, 0.4) is 0 Å². The van der Waals surface area contributed by atoms with E-state index in [0.717, 1.165) is 39.5 Å². The molecular weight excluding hydrogens is 639 g/mol. The Bertz CT molecular complexity index is 913. The van der Waals surface area contributed by atoms with Crippen molar-refractivity contribution in [1.82, 2.24) is 14.8 Å². The number of benzene rings is 1. The number of rotatable bonds is 10. The summed E-state index contributed by atoms with van der Waals surface area (Å²) >= 11 is 1.72. The van der Waals surface area contributed by atoms with Crippen LogP contribution in [0.25, 0.3) is 10.4 Å². The van der Waals surface area contributed by atoms with Crippen LogP contribution in [0.4, 0.5) is 0 Å². The van der Waals surface area contributed by atoms with E-state index in [4.69, 9.17) is 24.5 Å². The molecule has 3 heterocycles. The van der Waals surface area contributed by atoms with Crippen LogP contribution in [0.5, 0.6) is 0 Å². The molecule has 2 fully saturated rings. The molecule has 1 aromatic carbocycles. The monoisotopic (exact) mass is 704 g/mol. The summed E-state index contributed by atoms with van der Waals surface area (Å²) in [6.45, 7) is 22.1. The van der Waals surface area contributed by atoms with Gasteiger partial charge in [-0.2, -0.15) is 20.8 Å². The molecule has 0 spiro atoms. The van der Waals surface area contributed by atoms with Gasteiger partial charge in [0.25, 0.3) is 0 Å². The molecule has 4 N–H and O–H groups in total. The first-order valence-corrected chi connectivity index (χ1v) is 16.8. The van der Waals surface area contributed by atoms with Gasteiger partial charge in [-0.3, -0.25) is 13.1 Å². The van der Waals surface area contributed by atoms with E-state index in [1.807, 2.05) is 18.6 Å². The van der Waals surface area contributed by atoms with Crippen molar-refractivity contribution in [2.24, 2.45) is 5.73 Å². The van der Waals surface area contributed by atoms with Crippen molar-refractivity contribution >= 4 is 31.2 Å². The molecule has 0 amide bonds. The van der Waals surface area contributed by atoms with Crippen LogP contribution >= 0.6 is 11.3 Å². The number of aliphatic hydroxyl groups excluding tert-OH is 2. The fourth-order valence-corrected chi connectivity index (χ4v) is 5.73. The number of hydrogen-bond donors (Lipinski definition) is 3. The molecule has 48 heavy (non-hydrogen) atoms. The molecule has 0 radical (unpaired) electrons. The second-order valence-corrected chi connectivity index (χ2v) is 11.6. The van der Waals surface area contributed by atoms with Gasteiger partial charge in [-0.05, 0) is 89.8 Å². The topological polar surface area (TPSA) is 146 Å². The van der Waals surface area contributed by atoms with E-state index in [1.54, 1.807) is 11.3 Å². The Morgan fingerprint density at radius 3 is 1.98 bits per heavy atom. The van der Waals surface area contributed by atoms with Gasteiger partial charge in [0.1, 0.15) is 6.79 Å². The molecule has 10 nitrogen and oxygen atoms in total. The molecule has 2 aliphatic rings. The minimum Gasteiger partial charge on any atom is -0.545 e. The normalized spacial score (nSPS) is 15.0. The number of ether oxygens (including phenoxy) is 1. The van der Waals surface area contributed by atoms with E-state index < -0.39 is 0 Å². The van der Waals surface area contributed by atoms with Gasteiger partial charge in [-0.25, -0.2) is 4.98 Å². The molecule has 0 bridgehead atoms. The number of nitrogens with two attached hydrogens (primary N) is 1. The molecule has 2 aliphatic heterocycles. The first-order valence-electron chi connectivity index (χ1n) is 16.0. The summed E-state index contributed by atoms with van der Waals surface area (Å²) in [5, 5.41) is 14.0. The zero-order valence-electron chi connectivity index (χ0n) is 31.7. The van der Waals surface area contributed by atoms with Gasteiger partial charge in [0.15, 0.2) is 0 Å². The third-order valence-electron chi connectivity index (χ3n) is 6.91. The number of hydrogen-bond acceptors (Lipinski definition) is 11. The Hall–Kier alpha value is -1.38. The second-order valence-electron chi connectivity index (χ2n) is 10.8. The average molecular weight is 705 g/mol. The summed E-state index contributed by atoms with van der Waals surface area (Å²) in [5.74, 6) is 2.03. The molecule has 2 unspecified atom stereocenters. The molecule has 1 aromatic heterocycles. The fourth-order valence-electron chi connectivity index (χ4n) is 4.92. The number of aliphatic hydroxyl groups is 2. The molecule has 0 aliphatic carbocycles. The summed E-state index contributed by atoms with van der Waals surface area (Å²) in [6, 6.07) is 9.80. The SMILES string of the molecule is C=O.CN.CO.CO.C[C-](C)C.Cc1ncsc1-c1ccc(C(C)C2CCCN2C)cc1.O=[C-]CCOCCCN1CCCC1.[CH-]=O.[Na+]. The van der Waals surface area contributed by atoms with Crippen molar-refractivity contribution in [3.8, 4) is 10.4 Å². The summed E-state index contributed by atoms with van der Waals surface area (Å²) in [5.41, 5.74) is 10.3. The van der Waals surface area contributed by atoms with Crippen LogP contribution in [0, 0.1) is 12.8 Å². The standard InChI is InChI=1S/C17H22N2S.C10H18NO2.C4H9.CH5N.2CH4O.CH2O.CHO.Na/c1-12(16-5-4-10-19(16)3)14-6-8-15(9-7-14)17-13(2)18-11-20-17;12-8-4-10-13-9-3-7-11-5-1-2-6-11;1-4(2)3;5*1-2;/h6-9,11-12,16H,4-5,10H2,1-3H3;1-7,9-10H2;1-3H3;2H2,1H3;2*2H,1H3;1H2;1H;/q;2*-1;;;;;-1;+1. The maximum atomic E-state index is 9.83. The maximum Gasteiger partial charge on any atom is 1.00 e. The molecular formula is C36H65N4NaO6S-2. The largest absolute Gasteiger partial charge is 1.00 e. The smallest absolute Gasteiger partial charge is 0.545 e. The molecule has 0 saturated carbocycles. The van der Waals surface area contributed by atoms with Crippen LogP contribution in [0.2, 0.25) is 0 Å². The molecule has 2 saturated heterocycles. The van der Waals surface area contributed by atoms with Gasteiger partial charge >= 0.3 is 29.6 Å². The molecule has 274 valence electrons. The van der Waals surface area contributed by atoms with Crippen molar-refractivity contribution in [2.45, 2.75) is 85.1 Å². The number of carbonyl (C=O) groups excluding carboxylic acids is 3. The minimum atomic E-state index is 0. The Morgan fingerprint density at radius 1 is 1.04 bits per heavy atom. The van der Waals surface area contributed by atoms with Crippen molar-refractivity contribution in [2.75, 3.05) is 67.7 Å². The van der Waals surface area contributed by atoms with Crippen molar-refractivity contribution in [3.05, 3.63) is 47.0 Å². The van der Waals surface area contributed by atoms with Crippen molar-refractivity contribution in [1.29, 1.82) is 0 Å². The average Bonchev–Trinajstić information content (AvgIpc) is 3.90. The van der Waals surface area contributed by atoms with Crippen molar-refractivity contribution < 1.29 is 58.9 Å². The zero-order valence-corrected chi connectivity index (χ0v) is 34.5. The van der Waals surface area contributed by atoms with Crippen LogP contribution in [-0.2, 0) is 19.1 Å². The third kappa shape index (κ3) is 27.4. The van der Waals surface area contributed by atoms with Crippen LogP contribution < -0.4 is 35.3 Å². The first-order chi connectivity index (χ1) is 22.8. The van der Waals surface area contributed by atoms with E-state index in [-0.39, 0.29) is 29.6 Å². The van der Waals surface area contributed by atoms with Crippen LogP contribution in [0.1, 0.15) is 83.4 Å². The predicted octanol–water partition coefficient (Wildman–Crippen LogP) is 2.26. The Balaban J connectivity index is -0.000000191. The Morgan fingerprint density at radius 2 is 1.56 bits per heavy atom. The van der Waals surface area contributed by atoms with E-state index >= 15 is 0 Å². The minimum absolute atomic E-state index is 0. The van der Waals surface area contributed by atoms with Crippen molar-refractivity contribution in [3.63, 3.8) is 0 Å². The summed E-state index contributed by atoms with van der Waals surface area (Å²) < 4.78 is 5.24. The van der Waals surface area contributed by atoms with Gasteiger partial charge in [-0.15, -0.1) is 17.8 Å². The fraction of sp³-hybridized carbons (Fsp3) is 0.639. The van der Waals surface area contributed by atoms with Crippen LogP contribution in [0.15, 0.2) is 29.8 Å².